The summed E-state index contributed by atoms with van der Waals surface area (Å²) >= 11 is 0. The predicted molar refractivity (Wildman–Crippen MR) is 287 cm³/mol. The van der Waals surface area contributed by atoms with Gasteiger partial charge in [0.15, 0.2) is 0 Å². The molecule has 0 atom stereocenters. The summed E-state index contributed by atoms with van der Waals surface area (Å²) in [5, 5.41) is 0. The van der Waals surface area contributed by atoms with Crippen molar-refractivity contribution in [1.29, 1.82) is 0 Å². The lowest BCUT2D eigenvalue weighted by molar-refractivity contribution is 0.630. The van der Waals surface area contributed by atoms with E-state index in [9.17, 15) is 0 Å². The zero-order valence-corrected chi connectivity index (χ0v) is 39.0. The first-order valence-corrected chi connectivity index (χ1v) is 23.8. The number of hydrogen-bond donors (Lipinski definition) is 0. The Balaban J connectivity index is 1.03. The predicted octanol–water partition coefficient (Wildman–Crippen LogP) is 18.2. The Labute approximate surface area is 401 Å². The Morgan fingerprint density at radius 2 is 0.441 bits per heavy atom. The van der Waals surface area contributed by atoms with Crippen LogP contribution in [0, 0.1) is 0 Å². The minimum atomic E-state index is -0.288. The van der Waals surface area contributed by atoms with Crippen molar-refractivity contribution < 1.29 is 0 Å². The summed E-state index contributed by atoms with van der Waals surface area (Å²) < 4.78 is 0. The molecule has 68 heavy (non-hydrogen) atoms. The van der Waals surface area contributed by atoms with Crippen molar-refractivity contribution in [1.82, 2.24) is 0 Å². The van der Waals surface area contributed by atoms with Crippen LogP contribution in [0.2, 0.25) is 0 Å². The third kappa shape index (κ3) is 6.95. The number of rotatable bonds is 10. The highest BCUT2D eigenvalue weighted by Crippen LogP contribution is 2.63. The summed E-state index contributed by atoms with van der Waals surface area (Å²) in [4.78, 5) is 4.96. The van der Waals surface area contributed by atoms with Crippen LogP contribution < -0.4 is 9.80 Å². The molecule has 2 nitrogen and oxygen atoms in total. The van der Waals surface area contributed by atoms with E-state index >= 15 is 0 Å². The van der Waals surface area contributed by atoms with Crippen LogP contribution in [-0.4, -0.2) is 0 Å². The summed E-state index contributed by atoms with van der Waals surface area (Å²) in [5.74, 6) is 0. The molecule has 0 bridgehead atoms. The fraction of sp³-hybridized carbons (Fsp3) is 0.0909. The van der Waals surface area contributed by atoms with Gasteiger partial charge in [-0.3, -0.25) is 0 Å². The second kappa shape index (κ2) is 16.3. The highest BCUT2D eigenvalue weighted by atomic mass is 15.1. The van der Waals surface area contributed by atoms with Crippen molar-refractivity contribution in [3.05, 3.63) is 265 Å². The summed E-state index contributed by atoms with van der Waals surface area (Å²) in [5.41, 5.74) is 24.1. The smallest absolute Gasteiger partial charge is 0.0468 e. The van der Waals surface area contributed by atoms with Crippen molar-refractivity contribution >= 4 is 34.1 Å². The maximum Gasteiger partial charge on any atom is 0.0468 e. The van der Waals surface area contributed by atoms with E-state index in [2.05, 4.69) is 280 Å². The molecule has 0 saturated heterocycles. The van der Waals surface area contributed by atoms with Gasteiger partial charge < -0.3 is 9.80 Å². The number of nitrogens with zero attached hydrogens (tertiary/aromatic N) is 2. The monoisotopic (exact) mass is 872 g/mol. The van der Waals surface area contributed by atoms with Crippen molar-refractivity contribution in [2.45, 2.75) is 38.5 Å². The van der Waals surface area contributed by atoms with Gasteiger partial charge in [0, 0.05) is 45.0 Å². The third-order valence-electron chi connectivity index (χ3n) is 14.6. The number of anilines is 6. The van der Waals surface area contributed by atoms with Gasteiger partial charge in [-0.25, -0.2) is 0 Å². The van der Waals surface area contributed by atoms with Crippen LogP contribution in [0.5, 0.6) is 0 Å². The molecule has 0 radical (unpaired) electrons. The number of hydrogen-bond acceptors (Lipinski definition) is 2. The van der Waals surface area contributed by atoms with Gasteiger partial charge in [0.1, 0.15) is 0 Å². The van der Waals surface area contributed by atoms with Gasteiger partial charge in [-0.2, -0.15) is 0 Å². The molecule has 2 aliphatic rings. The minimum Gasteiger partial charge on any atom is -0.310 e. The Hall–Kier alpha value is -8.20. The van der Waals surface area contributed by atoms with Gasteiger partial charge >= 0.3 is 0 Å². The highest BCUT2D eigenvalue weighted by Gasteiger charge is 2.48. The van der Waals surface area contributed by atoms with E-state index in [-0.39, 0.29) is 10.8 Å². The van der Waals surface area contributed by atoms with Gasteiger partial charge in [-0.1, -0.05) is 198 Å². The molecule has 12 rings (SSSR count). The van der Waals surface area contributed by atoms with Gasteiger partial charge in [0.2, 0.25) is 0 Å². The Morgan fingerprint density at radius 3 is 0.676 bits per heavy atom. The van der Waals surface area contributed by atoms with Crippen LogP contribution in [0.15, 0.2) is 243 Å². The molecule has 0 heterocycles. The standard InChI is InChI=1S/C66H52N2/c1-65(2)59-41-57(67(53-33-17-29-49(37-53)45-21-9-5-10-22-45)54-34-18-30-50(38-54)46-23-11-6-12-24-46)43-61-63(59)64-60(65)42-58(44-62(64)66(61,3)4)68(55-35-19-31-51(39-55)47-25-13-7-14-26-47)56-36-20-32-52(40-56)48-27-15-8-16-28-48/h5-44H,1-4H3. The molecule has 0 amide bonds. The van der Waals surface area contributed by atoms with Gasteiger partial charge in [0.25, 0.3) is 0 Å². The highest BCUT2D eigenvalue weighted by molar-refractivity contribution is 5.97. The van der Waals surface area contributed by atoms with E-state index in [0.717, 1.165) is 22.7 Å². The van der Waals surface area contributed by atoms with Crippen LogP contribution in [0.25, 0.3) is 55.6 Å². The molecule has 0 unspecified atom stereocenters. The zero-order valence-electron chi connectivity index (χ0n) is 39.0. The fourth-order valence-corrected chi connectivity index (χ4v) is 11.0. The molecule has 0 aromatic heterocycles. The lowest BCUT2D eigenvalue weighted by Crippen LogP contribution is -2.23. The molecular formula is C66H52N2. The molecule has 0 saturated carbocycles. The Morgan fingerprint density at radius 1 is 0.221 bits per heavy atom. The molecule has 0 fully saturated rings. The van der Waals surface area contributed by atoms with Crippen LogP contribution in [-0.2, 0) is 10.8 Å². The van der Waals surface area contributed by atoms with Crippen molar-refractivity contribution in [2.24, 2.45) is 0 Å². The zero-order chi connectivity index (χ0) is 46.0. The lowest BCUT2D eigenvalue weighted by atomic mass is 9.74. The van der Waals surface area contributed by atoms with Gasteiger partial charge in [-0.15, -0.1) is 0 Å². The van der Waals surface area contributed by atoms with Crippen molar-refractivity contribution in [3.63, 3.8) is 0 Å². The van der Waals surface area contributed by atoms with E-state index in [1.54, 1.807) is 0 Å². The topological polar surface area (TPSA) is 6.48 Å². The molecule has 2 aliphatic carbocycles. The van der Waals surface area contributed by atoms with Crippen LogP contribution in [0.3, 0.4) is 0 Å². The SMILES string of the molecule is CC1(C)c2cc(N(c3cccc(-c4ccccc4)c3)c3cccc(-c4ccccc4)c3)cc3c2-c2c1cc(N(c1cccc(-c4ccccc4)c1)c1cccc(-c4ccccc4)c1)cc2C3(C)C. The summed E-state index contributed by atoms with van der Waals surface area (Å²) in [6.45, 7) is 9.74. The summed E-state index contributed by atoms with van der Waals surface area (Å²) in [6.07, 6.45) is 0. The van der Waals surface area contributed by atoms with Gasteiger partial charge in [0.05, 0.1) is 0 Å². The first-order chi connectivity index (χ1) is 33.2. The second-order valence-corrected chi connectivity index (χ2v) is 19.4. The van der Waals surface area contributed by atoms with E-state index in [1.165, 1.54) is 89.3 Å². The molecule has 0 aliphatic heterocycles. The van der Waals surface area contributed by atoms with Crippen LogP contribution in [0.4, 0.5) is 34.1 Å². The molecule has 326 valence electrons. The Kier molecular flexibility index (Phi) is 9.88. The summed E-state index contributed by atoms with van der Waals surface area (Å²) in [6, 6.07) is 89.0. The maximum atomic E-state index is 2.50. The maximum absolute atomic E-state index is 2.50. The third-order valence-corrected chi connectivity index (χ3v) is 14.6. The van der Waals surface area contributed by atoms with Crippen LogP contribution >= 0.6 is 0 Å². The van der Waals surface area contributed by atoms with E-state index < -0.39 is 0 Å². The van der Waals surface area contributed by atoms with E-state index in [0.29, 0.717) is 0 Å². The molecule has 2 heteroatoms. The van der Waals surface area contributed by atoms with Crippen molar-refractivity contribution in [3.8, 4) is 55.6 Å². The first kappa shape index (κ1) is 41.2. The van der Waals surface area contributed by atoms with E-state index in [4.69, 9.17) is 0 Å². The first-order valence-electron chi connectivity index (χ1n) is 23.8. The fourth-order valence-electron chi connectivity index (χ4n) is 11.0. The second-order valence-electron chi connectivity index (χ2n) is 19.4. The normalized spacial score (nSPS) is 13.5. The molecular weight excluding hydrogens is 821 g/mol. The average Bonchev–Trinajstić information content (AvgIpc) is 3.76. The van der Waals surface area contributed by atoms with Crippen molar-refractivity contribution in [2.75, 3.05) is 9.80 Å². The molecule has 10 aromatic carbocycles. The molecule has 10 aromatic rings. The van der Waals surface area contributed by atoms with Crippen LogP contribution in [0.1, 0.15) is 49.9 Å². The Bertz CT molecular complexity index is 3040. The average molecular weight is 873 g/mol. The van der Waals surface area contributed by atoms with Gasteiger partial charge in [-0.05, 0) is 151 Å². The lowest BCUT2D eigenvalue weighted by Gasteiger charge is -2.34. The quantitative estimate of drug-likeness (QED) is 0.135. The largest absolute Gasteiger partial charge is 0.310 e. The molecule has 0 N–H and O–H groups in total. The van der Waals surface area contributed by atoms with E-state index in [1.807, 2.05) is 0 Å². The number of benzene rings is 10. The molecule has 0 spiro atoms. The minimum absolute atomic E-state index is 0.288. The summed E-state index contributed by atoms with van der Waals surface area (Å²) in [7, 11) is 0.